The molecule has 1 aromatic heterocycles. The average Bonchev–Trinajstić information content (AvgIpc) is 3.62. The first kappa shape index (κ1) is 30.5. The Morgan fingerprint density at radius 3 is 1.74 bits per heavy atom. The van der Waals surface area contributed by atoms with E-state index in [1.807, 2.05) is 0 Å². The fraction of sp³-hybridized carbons (Fsp3) is 0. The molecule has 0 fully saturated rings. The van der Waals surface area contributed by atoms with E-state index in [1.165, 1.54) is 60.0 Å². The van der Waals surface area contributed by atoms with Gasteiger partial charge in [0.15, 0.2) is 0 Å². The van der Waals surface area contributed by atoms with Crippen LogP contribution < -0.4 is 4.90 Å². The van der Waals surface area contributed by atoms with Gasteiger partial charge in [-0.05, 0) is 115 Å². The molecule has 0 bridgehead atoms. The topological polar surface area (TPSA) is 16.4 Å². The van der Waals surface area contributed by atoms with Gasteiger partial charge in [-0.2, -0.15) is 0 Å². The Morgan fingerprint density at radius 1 is 0.296 bits per heavy atom. The summed E-state index contributed by atoms with van der Waals surface area (Å²) in [7, 11) is 0. The molecule has 11 aromatic rings. The van der Waals surface area contributed by atoms with Crippen LogP contribution in [0.4, 0.5) is 17.1 Å². The molecule has 0 atom stereocenters. The zero-order valence-corrected chi connectivity index (χ0v) is 29.4. The van der Waals surface area contributed by atoms with Gasteiger partial charge in [0.25, 0.3) is 0 Å². The highest BCUT2D eigenvalue weighted by atomic mass is 16.3. The molecule has 0 aliphatic carbocycles. The third-order valence-corrected chi connectivity index (χ3v) is 11.0. The van der Waals surface area contributed by atoms with Gasteiger partial charge in [0, 0.05) is 39.3 Å². The minimum Gasteiger partial charge on any atom is -0.455 e. The average molecular weight is 688 g/mol. The Kier molecular flexibility index (Phi) is 6.90. The van der Waals surface area contributed by atoms with Gasteiger partial charge in [0.1, 0.15) is 11.2 Å². The van der Waals surface area contributed by atoms with E-state index >= 15 is 0 Å². The van der Waals surface area contributed by atoms with Crippen LogP contribution in [0.2, 0.25) is 0 Å². The predicted octanol–water partition coefficient (Wildman–Crippen LogP) is 15.0. The van der Waals surface area contributed by atoms with Crippen LogP contribution in [0.5, 0.6) is 0 Å². The summed E-state index contributed by atoms with van der Waals surface area (Å²) >= 11 is 0. The molecular weight excluding hydrogens is 655 g/mol. The molecule has 0 saturated heterocycles. The van der Waals surface area contributed by atoms with Crippen LogP contribution in [-0.4, -0.2) is 0 Å². The van der Waals surface area contributed by atoms with Crippen LogP contribution in [0.1, 0.15) is 0 Å². The van der Waals surface area contributed by atoms with Gasteiger partial charge in [-0.15, -0.1) is 0 Å². The summed E-state index contributed by atoms with van der Waals surface area (Å²) in [6.07, 6.45) is 0. The summed E-state index contributed by atoms with van der Waals surface area (Å²) in [5, 5.41) is 12.0. The second-order valence-corrected chi connectivity index (χ2v) is 14.1. The summed E-state index contributed by atoms with van der Waals surface area (Å²) in [6, 6.07) is 72.3. The molecule has 0 aliphatic rings. The number of rotatable bonds is 5. The van der Waals surface area contributed by atoms with Gasteiger partial charge < -0.3 is 9.32 Å². The zero-order valence-electron chi connectivity index (χ0n) is 29.4. The van der Waals surface area contributed by atoms with E-state index in [2.05, 4.69) is 205 Å². The van der Waals surface area contributed by atoms with Crippen LogP contribution in [0.15, 0.2) is 205 Å². The summed E-state index contributed by atoms with van der Waals surface area (Å²) < 4.78 is 6.68. The third kappa shape index (κ3) is 4.96. The van der Waals surface area contributed by atoms with E-state index < -0.39 is 0 Å². The van der Waals surface area contributed by atoms with Crippen LogP contribution in [0.3, 0.4) is 0 Å². The summed E-state index contributed by atoms with van der Waals surface area (Å²) in [5.74, 6) is 0. The fourth-order valence-corrected chi connectivity index (χ4v) is 8.35. The Morgan fingerprint density at radius 2 is 0.889 bits per heavy atom. The molecular formula is C52H33NO. The molecule has 0 amide bonds. The zero-order chi connectivity index (χ0) is 35.6. The van der Waals surface area contributed by atoms with Crippen molar-refractivity contribution in [2.24, 2.45) is 0 Å². The second-order valence-electron chi connectivity index (χ2n) is 14.1. The molecule has 0 N–H and O–H groups in total. The highest BCUT2D eigenvalue weighted by Gasteiger charge is 2.18. The lowest BCUT2D eigenvalue weighted by atomic mass is 9.92. The van der Waals surface area contributed by atoms with Gasteiger partial charge in [0.2, 0.25) is 0 Å². The lowest BCUT2D eigenvalue weighted by Gasteiger charge is -2.26. The molecule has 2 nitrogen and oxygen atoms in total. The SMILES string of the molecule is c1ccc(-c2ccc(N(c3ccc4ccc(-c5cc6ccccc6c6ccccc56)cc4c3)c3ccc4c(c3)oc3c5ccccc5ccc43)cc2)cc1. The summed E-state index contributed by atoms with van der Waals surface area (Å²) in [4.78, 5) is 2.34. The van der Waals surface area contributed by atoms with Crippen molar-refractivity contribution in [1.82, 2.24) is 0 Å². The van der Waals surface area contributed by atoms with Crippen molar-refractivity contribution in [3.63, 3.8) is 0 Å². The van der Waals surface area contributed by atoms with Gasteiger partial charge >= 0.3 is 0 Å². The number of fused-ring (bicyclic) bond motifs is 9. The Bertz CT molecular complexity index is 3210. The van der Waals surface area contributed by atoms with Crippen LogP contribution in [-0.2, 0) is 0 Å². The van der Waals surface area contributed by atoms with E-state index in [9.17, 15) is 0 Å². The Hall–Kier alpha value is -7.16. The quantitative estimate of drug-likeness (QED) is 0.168. The largest absolute Gasteiger partial charge is 0.455 e. The first-order valence-electron chi connectivity index (χ1n) is 18.5. The van der Waals surface area contributed by atoms with E-state index in [4.69, 9.17) is 4.42 Å². The fourth-order valence-electron chi connectivity index (χ4n) is 8.35. The van der Waals surface area contributed by atoms with Crippen LogP contribution in [0.25, 0.3) is 87.3 Å². The van der Waals surface area contributed by atoms with Crippen molar-refractivity contribution < 1.29 is 4.42 Å². The van der Waals surface area contributed by atoms with E-state index in [0.717, 1.165) is 44.4 Å². The maximum absolute atomic E-state index is 6.68. The van der Waals surface area contributed by atoms with E-state index in [1.54, 1.807) is 0 Å². The molecule has 10 aromatic carbocycles. The maximum Gasteiger partial charge on any atom is 0.143 e. The summed E-state index contributed by atoms with van der Waals surface area (Å²) in [6.45, 7) is 0. The molecule has 0 aliphatic heterocycles. The predicted molar refractivity (Wildman–Crippen MR) is 229 cm³/mol. The highest BCUT2D eigenvalue weighted by Crippen LogP contribution is 2.42. The number of hydrogen-bond donors (Lipinski definition) is 0. The number of nitrogens with zero attached hydrogens (tertiary/aromatic N) is 1. The molecule has 252 valence electrons. The first-order chi connectivity index (χ1) is 26.7. The monoisotopic (exact) mass is 687 g/mol. The maximum atomic E-state index is 6.68. The van der Waals surface area contributed by atoms with Gasteiger partial charge in [0.05, 0.1) is 0 Å². The van der Waals surface area contributed by atoms with Crippen molar-refractivity contribution >= 4 is 82.1 Å². The standard InChI is InChI=1S/C52H33NO/c1-2-10-34(11-3-1)35-20-24-41(25-21-35)53(43-27-29-48-49-28-23-37-12-4-7-15-45(37)52(49)54-51(48)33-43)42-26-22-36-18-19-39(30-40(36)31-42)50-32-38-13-5-6-14-44(38)46-16-8-9-17-47(46)50/h1-33H. The van der Waals surface area contributed by atoms with E-state index in [-0.39, 0.29) is 0 Å². The van der Waals surface area contributed by atoms with Crippen molar-refractivity contribution in [2.75, 3.05) is 4.90 Å². The molecule has 0 spiro atoms. The molecule has 2 heteroatoms. The normalized spacial score (nSPS) is 11.7. The molecule has 54 heavy (non-hydrogen) atoms. The number of furan rings is 1. The smallest absolute Gasteiger partial charge is 0.143 e. The van der Waals surface area contributed by atoms with Crippen molar-refractivity contribution in [1.29, 1.82) is 0 Å². The number of anilines is 3. The van der Waals surface area contributed by atoms with Gasteiger partial charge in [-0.1, -0.05) is 140 Å². The lowest BCUT2D eigenvalue weighted by molar-refractivity contribution is 0.672. The van der Waals surface area contributed by atoms with Crippen molar-refractivity contribution in [3.05, 3.63) is 200 Å². The van der Waals surface area contributed by atoms with Crippen molar-refractivity contribution in [2.45, 2.75) is 0 Å². The molecule has 0 unspecified atom stereocenters. The Labute approximate surface area is 312 Å². The lowest BCUT2D eigenvalue weighted by Crippen LogP contribution is -2.09. The van der Waals surface area contributed by atoms with Gasteiger partial charge in [-0.25, -0.2) is 0 Å². The first-order valence-corrected chi connectivity index (χ1v) is 18.5. The summed E-state index contributed by atoms with van der Waals surface area (Å²) in [5.41, 5.74) is 9.83. The molecule has 11 rings (SSSR count). The Balaban J connectivity index is 1.08. The van der Waals surface area contributed by atoms with Crippen molar-refractivity contribution in [3.8, 4) is 22.3 Å². The van der Waals surface area contributed by atoms with Gasteiger partial charge in [-0.3, -0.25) is 0 Å². The van der Waals surface area contributed by atoms with Crippen LogP contribution in [0, 0.1) is 0 Å². The molecule has 0 saturated carbocycles. The van der Waals surface area contributed by atoms with E-state index in [0.29, 0.717) is 0 Å². The molecule has 0 radical (unpaired) electrons. The third-order valence-electron chi connectivity index (χ3n) is 11.0. The number of hydrogen-bond acceptors (Lipinski definition) is 2. The second kappa shape index (κ2) is 12.2. The minimum atomic E-state index is 0.871. The number of benzene rings is 10. The highest BCUT2D eigenvalue weighted by molar-refractivity contribution is 6.16. The minimum absolute atomic E-state index is 0.871. The molecule has 1 heterocycles. The van der Waals surface area contributed by atoms with Crippen LogP contribution >= 0.6 is 0 Å².